The van der Waals surface area contributed by atoms with Gasteiger partial charge in [-0.25, -0.2) is 9.59 Å². The van der Waals surface area contributed by atoms with Crippen LogP contribution in [0.25, 0.3) is 6.08 Å². The van der Waals surface area contributed by atoms with Gasteiger partial charge in [0.15, 0.2) is 0 Å². The Labute approximate surface area is 112 Å². The molecule has 2 amide bonds. The molecule has 1 unspecified atom stereocenters. The van der Waals surface area contributed by atoms with Crippen LogP contribution in [-0.4, -0.2) is 23.1 Å². The van der Waals surface area contributed by atoms with Crippen LogP contribution < -0.4 is 10.6 Å². The van der Waals surface area contributed by atoms with E-state index in [4.69, 9.17) is 5.11 Å². The van der Waals surface area contributed by atoms with Crippen molar-refractivity contribution in [2.24, 2.45) is 0 Å². The first-order valence-corrected chi connectivity index (χ1v) is 6.10. The van der Waals surface area contributed by atoms with E-state index in [0.29, 0.717) is 5.69 Å². The number of nitrogens with one attached hydrogen (secondary N) is 2. The van der Waals surface area contributed by atoms with Crippen molar-refractivity contribution < 1.29 is 14.7 Å². The Morgan fingerprint density at radius 3 is 2.47 bits per heavy atom. The minimum atomic E-state index is -0.991. The fraction of sp³-hybridized carbons (Fsp3) is 0.286. The van der Waals surface area contributed by atoms with E-state index in [1.54, 1.807) is 24.3 Å². The number of amides is 2. The third-order valence-electron chi connectivity index (χ3n) is 2.58. The van der Waals surface area contributed by atoms with E-state index in [1.807, 2.05) is 13.8 Å². The maximum Gasteiger partial charge on any atom is 0.328 e. The first-order chi connectivity index (χ1) is 9.01. The Balaban J connectivity index is 2.57. The lowest BCUT2D eigenvalue weighted by molar-refractivity contribution is -0.131. The number of urea groups is 1. The molecule has 0 radical (unpaired) electrons. The van der Waals surface area contributed by atoms with Crippen molar-refractivity contribution in [3.63, 3.8) is 0 Å². The van der Waals surface area contributed by atoms with Gasteiger partial charge in [0.25, 0.3) is 0 Å². The van der Waals surface area contributed by atoms with E-state index < -0.39 is 5.97 Å². The van der Waals surface area contributed by atoms with Gasteiger partial charge >= 0.3 is 12.0 Å². The Kier molecular flexibility index (Phi) is 5.60. The van der Waals surface area contributed by atoms with Crippen LogP contribution in [-0.2, 0) is 4.79 Å². The molecule has 1 aromatic rings. The summed E-state index contributed by atoms with van der Waals surface area (Å²) in [7, 11) is 0. The zero-order chi connectivity index (χ0) is 14.3. The van der Waals surface area contributed by atoms with Crippen LogP contribution >= 0.6 is 0 Å². The molecule has 102 valence electrons. The summed E-state index contributed by atoms with van der Waals surface area (Å²) in [6, 6.07) is 6.78. The number of carboxylic acid groups (broad SMARTS) is 1. The van der Waals surface area contributed by atoms with Gasteiger partial charge in [-0.05, 0) is 37.1 Å². The maximum atomic E-state index is 11.6. The van der Waals surface area contributed by atoms with E-state index in [2.05, 4.69) is 10.6 Å². The van der Waals surface area contributed by atoms with Crippen LogP contribution in [0.2, 0.25) is 0 Å². The van der Waals surface area contributed by atoms with Crippen molar-refractivity contribution in [1.82, 2.24) is 5.32 Å². The quantitative estimate of drug-likeness (QED) is 0.714. The molecule has 5 heteroatoms. The Hall–Kier alpha value is -2.30. The van der Waals surface area contributed by atoms with Gasteiger partial charge in [0.2, 0.25) is 0 Å². The molecule has 0 spiro atoms. The molecule has 0 heterocycles. The summed E-state index contributed by atoms with van der Waals surface area (Å²) in [5.41, 5.74) is 1.42. The van der Waals surface area contributed by atoms with Gasteiger partial charge in [-0.2, -0.15) is 0 Å². The number of carboxylic acids is 1. The first kappa shape index (κ1) is 14.8. The SMILES string of the molecule is CCC(C)NC(=O)Nc1ccc(/C=C/C(=O)O)cc1. The van der Waals surface area contributed by atoms with Crippen LogP contribution in [0.4, 0.5) is 10.5 Å². The predicted octanol–water partition coefficient (Wildman–Crippen LogP) is 2.70. The van der Waals surface area contributed by atoms with Gasteiger partial charge in [0.1, 0.15) is 0 Å². The van der Waals surface area contributed by atoms with Crippen LogP contribution in [0.1, 0.15) is 25.8 Å². The maximum absolute atomic E-state index is 11.6. The topological polar surface area (TPSA) is 78.4 Å². The monoisotopic (exact) mass is 262 g/mol. The highest BCUT2D eigenvalue weighted by atomic mass is 16.4. The van der Waals surface area contributed by atoms with Gasteiger partial charge < -0.3 is 15.7 Å². The van der Waals surface area contributed by atoms with Gasteiger partial charge in [-0.3, -0.25) is 0 Å². The summed E-state index contributed by atoms with van der Waals surface area (Å²) in [4.78, 5) is 21.9. The molecule has 3 N–H and O–H groups in total. The fourth-order valence-corrected chi connectivity index (χ4v) is 1.34. The van der Waals surface area contributed by atoms with Crippen molar-refractivity contribution in [2.75, 3.05) is 5.32 Å². The number of hydrogen-bond acceptors (Lipinski definition) is 2. The largest absolute Gasteiger partial charge is 0.478 e. The third kappa shape index (κ3) is 5.72. The molecule has 0 saturated carbocycles. The van der Waals surface area contributed by atoms with Crippen LogP contribution in [0.15, 0.2) is 30.3 Å². The lowest BCUT2D eigenvalue weighted by Crippen LogP contribution is -2.35. The summed E-state index contributed by atoms with van der Waals surface area (Å²) >= 11 is 0. The van der Waals surface area contributed by atoms with Gasteiger partial charge in [-0.1, -0.05) is 19.1 Å². The average molecular weight is 262 g/mol. The highest BCUT2D eigenvalue weighted by Crippen LogP contribution is 2.10. The second kappa shape index (κ2) is 7.20. The normalized spacial score (nSPS) is 12.1. The van der Waals surface area contributed by atoms with Crippen LogP contribution in [0.3, 0.4) is 0 Å². The molecule has 0 fully saturated rings. The van der Waals surface area contributed by atoms with E-state index >= 15 is 0 Å². The molecule has 1 atom stereocenters. The Morgan fingerprint density at radius 1 is 1.32 bits per heavy atom. The van der Waals surface area contributed by atoms with Crippen molar-refractivity contribution in [2.45, 2.75) is 26.3 Å². The minimum Gasteiger partial charge on any atom is -0.478 e. The molecular formula is C14H18N2O3. The number of benzene rings is 1. The first-order valence-electron chi connectivity index (χ1n) is 6.10. The Morgan fingerprint density at radius 2 is 1.95 bits per heavy atom. The number of aliphatic carboxylic acids is 1. The van der Waals surface area contributed by atoms with E-state index in [0.717, 1.165) is 18.1 Å². The van der Waals surface area contributed by atoms with E-state index in [-0.39, 0.29) is 12.1 Å². The number of hydrogen-bond donors (Lipinski definition) is 3. The minimum absolute atomic E-state index is 0.123. The van der Waals surface area contributed by atoms with Gasteiger partial charge in [-0.15, -0.1) is 0 Å². The van der Waals surface area contributed by atoms with Gasteiger partial charge in [0.05, 0.1) is 0 Å². The summed E-state index contributed by atoms with van der Waals surface area (Å²) in [5, 5.41) is 14.0. The van der Waals surface area contributed by atoms with Crippen molar-refractivity contribution in [1.29, 1.82) is 0 Å². The Bertz CT molecular complexity index is 466. The molecule has 1 rings (SSSR count). The summed E-state index contributed by atoms with van der Waals surface area (Å²) < 4.78 is 0. The molecular weight excluding hydrogens is 244 g/mol. The summed E-state index contributed by atoms with van der Waals surface area (Å²) in [5.74, 6) is -0.991. The lowest BCUT2D eigenvalue weighted by atomic mass is 10.2. The molecule has 0 aliphatic rings. The lowest BCUT2D eigenvalue weighted by Gasteiger charge is -2.12. The molecule has 0 saturated heterocycles. The highest BCUT2D eigenvalue weighted by molar-refractivity contribution is 5.89. The standard InChI is InChI=1S/C14H18N2O3/c1-3-10(2)15-14(19)16-12-7-4-11(5-8-12)6-9-13(17)18/h4-10H,3H2,1-2H3,(H,17,18)(H2,15,16,19)/b9-6+. The average Bonchev–Trinajstić information content (AvgIpc) is 2.37. The van der Waals surface area contributed by atoms with E-state index in [1.165, 1.54) is 6.08 Å². The number of carbonyl (C=O) groups is 2. The number of rotatable bonds is 5. The second-order valence-corrected chi connectivity index (χ2v) is 4.20. The number of carbonyl (C=O) groups excluding carboxylic acids is 1. The molecule has 0 aliphatic heterocycles. The third-order valence-corrected chi connectivity index (χ3v) is 2.58. The molecule has 1 aromatic carbocycles. The fourth-order valence-electron chi connectivity index (χ4n) is 1.34. The second-order valence-electron chi connectivity index (χ2n) is 4.20. The number of anilines is 1. The van der Waals surface area contributed by atoms with E-state index in [9.17, 15) is 9.59 Å². The zero-order valence-electron chi connectivity index (χ0n) is 11.0. The molecule has 0 aromatic heterocycles. The summed E-state index contributed by atoms with van der Waals surface area (Å²) in [6.45, 7) is 3.92. The smallest absolute Gasteiger partial charge is 0.328 e. The molecule has 0 bridgehead atoms. The van der Waals surface area contributed by atoms with Crippen molar-refractivity contribution >= 4 is 23.8 Å². The van der Waals surface area contributed by atoms with Crippen molar-refractivity contribution in [3.8, 4) is 0 Å². The van der Waals surface area contributed by atoms with Crippen molar-refractivity contribution in [3.05, 3.63) is 35.9 Å². The van der Waals surface area contributed by atoms with Crippen LogP contribution in [0, 0.1) is 0 Å². The predicted molar refractivity (Wildman–Crippen MR) is 75.0 cm³/mol. The van der Waals surface area contributed by atoms with Crippen LogP contribution in [0.5, 0.6) is 0 Å². The zero-order valence-corrected chi connectivity index (χ0v) is 11.0. The molecule has 0 aliphatic carbocycles. The highest BCUT2D eigenvalue weighted by Gasteiger charge is 2.04. The summed E-state index contributed by atoms with van der Waals surface area (Å²) in [6.07, 6.45) is 3.43. The molecule has 5 nitrogen and oxygen atoms in total. The van der Waals surface area contributed by atoms with Gasteiger partial charge in [0, 0.05) is 17.8 Å². The molecule has 19 heavy (non-hydrogen) atoms.